The molecule has 0 aliphatic rings. The van der Waals surface area contributed by atoms with Crippen LogP contribution in [0.25, 0.3) is 0 Å². The summed E-state index contributed by atoms with van der Waals surface area (Å²) in [4.78, 5) is 34.5. The van der Waals surface area contributed by atoms with Gasteiger partial charge in [-0.15, -0.1) is 0 Å². The molecule has 7 heteroatoms. The predicted octanol–water partition coefficient (Wildman–Crippen LogP) is 0.919. The van der Waals surface area contributed by atoms with Gasteiger partial charge in [0.15, 0.2) is 6.61 Å². The Labute approximate surface area is 138 Å². The Kier molecular flexibility index (Phi) is 5.90. The molecular weight excluding hydrogens is 310 g/mol. The normalized spacial score (nSPS) is 9.83. The van der Waals surface area contributed by atoms with E-state index in [1.807, 2.05) is 6.07 Å². The number of carbonyl (C=O) groups is 3. The first kappa shape index (κ1) is 17.0. The third-order valence-electron chi connectivity index (χ3n) is 2.99. The van der Waals surface area contributed by atoms with Crippen molar-refractivity contribution in [2.75, 3.05) is 18.5 Å². The lowest BCUT2D eigenvalue weighted by atomic mass is 10.2. The van der Waals surface area contributed by atoms with Gasteiger partial charge in [-0.2, -0.15) is 0 Å². The zero-order chi connectivity index (χ0) is 17.4. The molecule has 0 aromatic heterocycles. The van der Waals surface area contributed by atoms with Gasteiger partial charge in [-0.05, 0) is 30.3 Å². The molecule has 0 unspecified atom stereocenters. The van der Waals surface area contributed by atoms with Gasteiger partial charge in [0.2, 0.25) is 11.8 Å². The quantitative estimate of drug-likeness (QED) is 0.702. The maximum Gasteiger partial charge on any atom is 0.258 e. The first-order valence-corrected chi connectivity index (χ1v) is 7.19. The average Bonchev–Trinajstić information content (AvgIpc) is 2.59. The Balaban J connectivity index is 1.75. The number of anilines is 1. The van der Waals surface area contributed by atoms with Gasteiger partial charge in [0.1, 0.15) is 5.75 Å². The number of carbonyl (C=O) groups excluding carboxylic acids is 3. The van der Waals surface area contributed by atoms with Crippen LogP contribution in [0.1, 0.15) is 10.4 Å². The lowest BCUT2D eigenvalue weighted by Gasteiger charge is -2.08. The summed E-state index contributed by atoms with van der Waals surface area (Å²) in [6, 6.07) is 15.1. The second kappa shape index (κ2) is 8.33. The molecule has 0 fully saturated rings. The van der Waals surface area contributed by atoms with Crippen molar-refractivity contribution in [3.8, 4) is 5.75 Å². The summed E-state index contributed by atoms with van der Waals surface area (Å²) < 4.78 is 5.27. The number of rotatable bonds is 7. The van der Waals surface area contributed by atoms with E-state index in [1.165, 1.54) is 6.07 Å². The topological polar surface area (TPSA) is 111 Å². The van der Waals surface area contributed by atoms with Gasteiger partial charge in [-0.3, -0.25) is 14.4 Å². The Hall–Kier alpha value is -3.35. The molecule has 3 amide bonds. The van der Waals surface area contributed by atoms with E-state index in [0.717, 1.165) is 0 Å². The lowest BCUT2D eigenvalue weighted by Crippen LogP contribution is -2.35. The van der Waals surface area contributed by atoms with Crippen molar-refractivity contribution in [3.05, 3.63) is 60.2 Å². The molecule has 4 N–H and O–H groups in total. The Morgan fingerprint density at radius 2 is 1.71 bits per heavy atom. The molecule has 0 radical (unpaired) electrons. The van der Waals surface area contributed by atoms with Gasteiger partial charge in [0.05, 0.1) is 6.54 Å². The number of hydrogen-bond donors (Lipinski definition) is 3. The van der Waals surface area contributed by atoms with E-state index in [9.17, 15) is 14.4 Å². The largest absolute Gasteiger partial charge is 0.484 e. The summed E-state index contributed by atoms with van der Waals surface area (Å²) in [5, 5.41) is 5.01. The number of hydrogen-bond acceptors (Lipinski definition) is 4. The predicted molar refractivity (Wildman–Crippen MR) is 88.5 cm³/mol. The molecule has 124 valence electrons. The molecule has 24 heavy (non-hydrogen) atoms. The molecule has 0 saturated heterocycles. The fourth-order valence-electron chi connectivity index (χ4n) is 1.85. The van der Waals surface area contributed by atoms with Gasteiger partial charge < -0.3 is 21.1 Å². The van der Waals surface area contributed by atoms with Crippen LogP contribution in [-0.4, -0.2) is 30.9 Å². The van der Waals surface area contributed by atoms with Crippen LogP contribution in [0.4, 0.5) is 5.69 Å². The summed E-state index contributed by atoms with van der Waals surface area (Å²) in [6.45, 7) is -0.397. The molecule has 7 nitrogen and oxygen atoms in total. The third kappa shape index (κ3) is 5.45. The van der Waals surface area contributed by atoms with Crippen LogP contribution in [0, 0.1) is 0 Å². The smallest absolute Gasteiger partial charge is 0.258 e. The Bertz CT molecular complexity index is 732. The van der Waals surface area contributed by atoms with Gasteiger partial charge in [0.25, 0.3) is 5.91 Å². The van der Waals surface area contributed by atoms with Gasteiger partial charge >= 0.3 is 0 Å². The zero-order valence-corrected chi connectivity index (χ0v) is 12.8. The van der Waals surface area contributed by atoms with E-state index >= 15 is 0 Å². The Morgan fingerprint density at radius 1 is 0.958 bits per heavy atom. The summed E-state index contributed by atoms with van der Waals surface area (Å²) in [6.07, 6.45) is 0. The van der Waals surface area contributed by atoms with Crippen molar-refractivity contribution in [3.63, 3.8) is 0 Å². The van der Waals surface area contributed by atoms with E-state index in [-0.39, 0.29) is 18.7 Å². The van der Waals surface area contributed by atoms with Crippen LogP contribution < -0.4 is 21.1 Å². The number of nitrogens with one attached hydrogen (secondary N) is 2. The van der Waals surface area contributed by atoms with Gasteiger partial charge in [0, 0.05) is 11.3 Å². The standard InChI is InChI=1S/C17H17N3O4/c18-17(23)12-5-4-6-13(9-12)20-15(21)10-19-16(22)11-24-14-7-2-1-3-8-14/h1-9H,10-11H2,(H2,18,23)(H,19,22)(H,20,21). The molecule has 0 spiro atoms. The zero-order valence-electron chi connectivity index (χ0n) is 12.8. The van der Waals surface area contributed by atoms with E-state index in [0.29, 0.717) is 11.4 Å². The third-order valence-corrected chi connectivity index (χ3v) is 2.99. The SMILES string of the molecule is NC(=O)c1cccc(NC(=O)CNC(=O)COc2ccccc2)c1. The molecule has 2 aromatic carbocycles. The minimum Gasteiger partial charge on any atom is -0.484 e. The molecule has 0 heterocycles. The van der Waals surface area contributed by atoms with Crippen LogP contribution >= 0.6 is 0 Å². The van der Waals surface area contributed by atoms with E-state index < -0.39 is 17.7 Å². The average molecular weight is 327 g/mol. The van der Waals surface area contributed by atoms with Crippen LogP contribution in [0.15, 0.2) is 54.6 Å². The van der Waals surface area contributed by atoms with E-state index in [4.69, 9.17) is 10.5 Å². The monoisotopic (exact) mass is 327 g/mol. The summed E-state index contributed by atoms with van der Waals surface area (Å²) in [5.41, 5.74) is 5.88. The number of amides is 3. The fraction of sp³-hybridized carbons (Fsp3) is 0.118. The van der Waals surface area contributed by atoms with Crippen molar-refractivity contribution in [1.82, 2.24) is 5.32 Å². The van der Waals surface area contributed by atoms with Crippen molar-refractivity contribution in [2.24, 2.45) is 5.73 Å². The molecule has 0 saturated carbocycles. The van der Waals surface area contributed by atoms with Crippen LogP contribution in [-0.2, 0) is 9.59 Å². The molecule has 0 aliphatic heterocycles. The number of nitrogens with two attached hydrogens (primary N) is 1. The highest BCUT2D eigenvalue weighted by molar-refractivity contribution is 5.97. The molecule has 2 rings (SSSR count). The molecule has 0 atom stereocenters. The van der Waals surface area contributed by atoms with E-state index in [2.05, 4.69) is 10.6 Å². The fourth-order valence-corrected chi connectivity index (χ4v) is 1.85. The molecular formula is C17H17N3O4. The first-order chi connectivity index (χ1) is 11.5. The molecule has 0 aliphatic carbocycles. The van der Waals surface area contributed by atoms with Gasteiger partial charge in [-0.1, -0.05) is 24.3 Å². The second-order valence-corrected chi connectivity index (χ2v) is 4.87. The summed E-state index contributed by atoms with van der Waals surface area (Å²) in [5.74, 6) is -0.859. The van der Waals surface area contributed by atoms with Crippen molar-refractivity contribution >= 4 is 23.4 Å². The number of ether oxygens (including phenoxy) is 1. The van der Waals surface area contributed by atoms with Crippen molar-refractivity contribution in [1.29, 1.82) is 0 Å². The van der Waals surface area contributed by atoms with Crippen LogP contribution in [0.5, 0.6) is 5.75 Å². The highest BCUT2D eigenvalue weighted by Gasteiger charge is 2.08. The highest BCUT2D eigenvalue weighted by atomic mass is 16.5. The minimum atomic E-state index is -0.586. The van der Waals surface area contributed by atoms with Crippen LogP contribution in [0.3, 0.4) is 0 Å². The number of primary amides is 1. The number of benzene rings is 2. The highest BCUT2D eigenvalue weighted by Crippen LogP contribution is 2.10. The van der Waals surface area contributed by atoms with Gasteiger partial charge in [-0.25, -0.2) is 0 Å². The van der Waals surface area contributed by atoms with E-state index in [1.54, 1.807) is 42.5 Å². The number of para-hydroxylation sites is 1. The van der Waals surface area contributed by atoms with Crippen LogP contribution in [0.2, 0.25) is 0 Å². The minimum absolute atomic E-state index is 0.186. The maximum absolute atomic E-state index is 11.8. The first-order valence-electron chi connectivity index (χ1n) is 7.19. The summed E-state index contributed by atoms with van der Waals surface area (Å²) >= 11 is 0. The summed E-state index contributed by atoms with van der Waals surface area (Å²) in [7, 11) is 0. The molecule has 0 bridgehead atoms. The Morgan fingerprint density at radius 3 is 2.42 bits per heavy atom. The van der Waals surface area contributed by atoms with Crippen molar-refractivity contribution in [2.45, 2.75) is 0 Å². The maximum atomic E-state index is 11.8. The van der Waals surface area contributed by atoms with Crippen molar-refractivity contribution < 1.29 is 19.1 Å². The molecule has 2 aromatic rings. The second-order valence-electron chi connectivity index (χ2n) is 4.87. The lowest BCUT2D eigenvalue weighted by molar-refractivity contribution is -0.125.